The number of aliphatic hydroxyl groups excluding tert-OH is 1. The first-order chi connectivity index (χ1) is 8.63. The van der Waals surface area contributed by atoms with Crippen molar-refractivity contribution in [1.29, 1.82) is 0 Å². The summed E-state index contributed by atoms with van der Waals surface area (Å²) in [6.45, 7) is 0.932. The molecule has 0 aliphatic carbocycles. The average molecular weight is 255 g/mol. The van der Waals surface area contributed by atoms with E-state index in [-0.39, 0.29) is 18.5 Å². The first kappa shape index (κ1) is 13.1. The summed E-state index contributed by atoms with van der Waals surface area (Å²) in [5, 5.41) is 9.07. The molecule has 0 bridgehead atoms. The molecule has 1 aromatic rings. The van der Waals surface area contributed by atoms with Gasteiger partial charge in [-0.3, -0.25) is 0 Å². The standard InChI is InChI=1S/C13H18FNO3/c1-15(2)11(3-4-16)9-7-12-13(8-10(9)14)18-6-5-17-12/h7-8,11,16H,3-6H2,1-2H3. The van der Waals surface area contributed by atoms with Crippen LogP contribution in [0.2, 0.25) is 0 Å². The lowest BCUT2D eigenvalue weighted by Gasteiger charge is -2.26. The lowest BCUT2D eigenvalue weighted by Crippen LogP contribution is -2.23. The van der Waals surface area contributed by atoms with E-state index in [1.54, 1.807) is 6.07 Å². The maximum Gasteiger partial charge on any atom is 0.164 e. The largest absolute Gasteiger partial charge is 0.486 e. The van der Waals surface area contributed by atoms with Crippen molar-refractivity contribution in [3.8, 4) is 11.5 Å². The molecule has 100 valence electrons. The molecule has 0 aromatic heterocycles. The van der Waals surface area contributed by atoms with Crippen LogP contribution in [0.15, 0.2) is 12.1 Å². The Bertz CT molecular complexity index is 423. The number of hydrogen-bond acceptors (Lipinski definition) is 4. The summed E-state index contributed by atoms with van der Waals surface area (Å²) < 4.78 is 24.9. The Balaban J connectivity index is 2.36. The van der Waals surface area contributed by atoms with Crippen molar-refractivity contribution >= 4 is 0 Å². The molecular weight excluding hydrogens is 237 g/mol. The highest BCUT2D eigenvalue weighted by Gasteiger charge is 2.22. The molecule has 18 heavy (non-hydrogen) atoms. The van der Waals surface area contributed by atoms with E-state index >= 15 is 0 Å². The third-order valence-corrected chi connectivity index (χ3v) is 3.05. The zero-order valence-electron chi connectivity index (χ0n) is 10.6. The van der Waals surface area contributed by atoms with E-state index in [4.69, 9.17) is 14.6 Å². The number of rotatable bonds is 4. The monoisotopic (exact) mass is 255 g/mol. The van der Waals surface area contributed by atoms with Crippen molar-refractivity contribution < 1.29 is 19.0 Å². The topological polar surface area (TPSA) is 41.9 Å². The maximum atomic E-state index is 14.1. The van der Waals surface area contributed by atoms with E-state index in [2.05, 4.69) is 0 Å². The lowest BCUT2D eigenvalue weighted by molar-refractivity contribution is 0.168. The molecule has 0 fully saturated rings. The van der Waals surface area contributed by atoms with Crippen LogP contribution in [0.3, 0.4) is 0 Å². The highest BCUT2D eigenvalue weighted by Crippen LogP contribution is 2.36. The van der Waals surface area contributed by atoms with Gasteiger partial charge in [0.05, 0.1) is 0 Å². The Kier molecular flexibility index (Phi) is 4.04. The zero-order chi connectivity index (χ0) is 13.1. The van der Waals surface area contributed by atoms with Gasteiger partial charge in [-0.25, -0.2) is 4.39 Å². The molecule has 2 rings (SSSR count). The fourth-order valence-electron chi connectivity index (χ4n) is 2.15. The molecule has 1 aliphatic heterocycles. The van der Waals surface area contributed by atoms with E-state index in [0.717, 1.165) is 0 Å². The molecule has 1 atom stereocenters. The van der Waals surface area contributed by atoms with Crippen molar-refractivity contribution in [2.24, 2.45) is 0 Å². The normalized spacial score (nSPS) is 15.8. The molecule has 0 radical (unpaired) electrons. The first-order valence-electron chi connectivity index (χ1n) is 6.00. The molecule has 0 amide bonds. The van der Waals surface area contributed by atoms with Gasteiger partial charge < -0.3 is 19.5 Å². The van der Waals surface area contributed by atoms with E-state index in [1.807, 2.05) is 19.0 Å². The zero-order valence-corrected chi connectivity index (χ0v) is 10.6. The summed E-state index contributed by atoms with van der Waals surface area (Å²) >= 11 is 0. The molecule has 4 nitrogen and oxygen atoms in total. The SMILES string of the molecule is CN(C)C(CCO)c1cc2c(cc1F)OCCO2. The number of ether oxygens (including phenoxy) is 2. The van der Waals surface area contributed by atoms with Gasteiger partial charge in [-0.1, -0.05) is 0 Å². The third kappa shape index (κ3) is 2.57. The van der Waals surface area contributed by atoms with Crippen molar-refractivity contribution in [1.82, 2.24) is 4.90 Å². The molecule has 0 saturated heterocycles. The predicted molar refractivity (Wildman–Crippen MR) is 65.5 cm³/mol. The number of aliphatic hydroxyl groups is 1. The van der Waals surface area contributed by atoms with E-state index in [9.17, 15) is 4.39 Å². The fourth-order valence-corrected chi connectivity index (χ4v) is 2.15. The third-order valence-electron chi connectivity index (χ3n) is 3.05. The average Bonchev–Trinajstić information content (AvgIpc) is 2.35. The van der Waals surface area contributed by atoms with Crippen molar-refractivity contribution in [2.75, 3.05) is 33.9 Å². The number of benzene rings is 1. The number of fused-ring (bicyclic) bond motifs is 1. The molecule has 1 N–H and O–H groups in total. The minimum absolute atomic E-state index is 0.0106. The van der Waals surface area contributed by atoms with Crippen LogP contribution in [-0.2, 0) is 0 Å². The van der Waals surface area contributed by atoms with Gasteiger partial charge in [0.25, 0.3) is 0 Å². The van der Waals surface area contributed by atoms with Crippen LogP contribution in [-0.4, -0.2) is 43.9 Å². The van der Waals surface area contributed by atoms with Gasteiger partial charge in [-0.15, -0.1) is 0 Å². The number of halogens is 1. The maximum absolute atomic E-state index is 14.1. The van der Waals surface area contributed by atoms with Crippen LogP contribution in [0.25, 0.3) is 0 Å². The summed E-state index contributed by atoms with van der Waals surface area (Å²) in [5.41, 5.74) is 0.526. The molecule has 1 aromatic carbocycles. The van der Waals surface area contributed by atoms with Gasteiger partial charge in [-0.2, -0.15) is 0 Å². The fraction of sp³-hybridized carbons (Fsp3) is 0.538. The van der Waals surface area contributed by atoms with Crippen molar-refractivity contribution in [2.45, 2.75) is 12.5 Å². The minimum Gasteiger partial charge on any atom is -0.486 e. The van der Waals surface area contributed by atoms with Crippen LogP contribution in [0, 0.1) is 5.82 Å². The second-order valence-corrected chi connectivity index (χ2v) is 4.51. The van der Waals surface area contributed by atoms with Gasteiger partial charge in [0.15, 0.2) is 11.5 Å². The smallest absolute Gasteiger partial charge is 0.164 e. The Morgan fingerprint density at radius 1 is 1.28 bits per heavy atom. The molecule has 1 aliphatic rings. The van der Waals surface area contributed by atoms with Crippen LogP contribution in [0.1, 0.15) is 18.0 Å². The minimum atomic E-state index is -0.327. The lowest BCUT2D eigenvalue weighted by atomic mass is 10.0. The first-order valence-corrected chi connectivity index (χ1v) is 6.00. The van der Waals surface area contributed by atoms with Crippen LogP contribution in [0.4, 0.5) is 4.39 Å². The number of hydrogen-bond donors (Lipinski definition) is 1. The summed E-state index contributed by atoms with van der Waals surface area (Å²) in [5.74, 6) is 0.692. The molecule has 5 heteroatoms. The Labute approximate surface area is 106 Å². The number of nitrogens with zero attached hydrogens (tertiary/aromatic N) is 1. The van der Waals surface area contributed by atoms with Gasteiger partial charge in [0, 0.05) is 24.3 Å². The molecule has 0 saturated carbocycles. The van der Waals surface area contributed by atoms with Gasteiger partial charge >= 0.3 is 0 Å². The Morgan fingerprint density at radius 3 is 2.44 bits per heavy atom. The summed E-state index contributed by atoms with van der Waals surface area (Å²) in [4.78, 5) is 1.88. The van der Waals surface area contributed by atoms with Crippen molar-refractivity contribution in [3.63, 3.8) is 0 Å². The van der Waals surface area contributed by atoms with Crippen LogP contribution < -0.4 is 9.47 Å². The van der Waals surface area contributed by atoms with Gasteiger partial charge in [0.1, 0.15) is 19.0 Å². The highest BCUT2D eigenvalue weighted by atomic mass is 19.1. The van der Waals surface area contributed by atoms with Gasteiger partial charge in [0.2, 0.25) is 0 Å². The van der Waals surface area contributed by atoms with Crippen molar-refractivity contribution in [3.05, 3.63) is 23.5 Å². The summed E-state index contributed by atoms with van der Waals surface area (Å²) in [7, 11) is 3.72. The Hall–Kier alpha value is -1.33. The molecule has 1 heterocycles. The predicted octanol–water partition coefficient (Wildman–Crippen LogP) is 1.58. The summed E-state index contributed by atoms with van der Waals surface area (Å²) in [6, 6.07) is 2.85. The second-order valence-electron chi connectivity index (χ2n) is 4.51. The van der Waals surface area contributed by atoms with Crippen LogP contribution in [0.5, 0.6) is 11.5 Å². The molecule has 1 unspecified atom stereocenters. The van der Waals surface area contributed by atoms with Crippen LogP contribution >= 0.6 is 0 Å². The van der Waals surface area contributed by atoms with E-state index < -0.39 is 0 Å². The van der Waals surface area contributed by atoms with E-state index in [0.29, 0.717) is 36.7 Å². The van der Waals surface area contributed by atoms with Gasteiger partial charge in [-0.05, 0) is 26.6 Å². The Morgan fingerprint density at radius 2 is 1.89 bits per heavy atom. The highest BCUT2D eigenvalue weighted by molar-refractivity contribution is 5.45. The quantitative estimate of drug-likeness (QED) is 0.887. The summed E-state index contributed by atoms with van der Waals surface area (Å²) in [6.07, 6.45) is 0.476. The molecular formula is C13H18FNO3. The molecule has 0 spiro atoms. The second kappa shape index (κ2) is 5.54. The van der Waals surface area contributed by atoms with E-state index in [1.165, 1.54) is 6.07 Å².